The average molecular weight is 514 g/mol. The number of carbonyl (C=O) groups excluding carboxylic acids is 1. The first-order chi connectivity index (χ1) is 16.8. The molecule has 0 spiro atoms. The molecule has 0 aliphatic carbocycles. The van der Waals surface area contributed by atoms with Gasteiger partial charge < -0.3 is 15.6 Å². The summed E-state index contributed by atoms with van der Waals surface area (Å²) in [5.41, 5.74) is 7.46. The first kappa shape index (κ1) is 27.7. The molecule has 11 nitrogen and oxygen atoms in total. The SMILES string of the molecule is Cc1ccc(S(=O)(=O)O)cc1.N=C(N)c1ccc(OC(=O)/C=C/c2cc(C[N+](=O)[O-])ccc2O)cc1. The Morgan fingerprint density at radius 3 is 2.25 bits per heavy atom. The van der Waals surface area contributed by atoms with Crippen LogP contribution in [0.2, 0.25) is 0 Å². The van der Waals surface area contributed by atoms with Crippen molar-refractivity contribution in [2.45, 2.75) is 18.4 Å². The van der Waals surface area contributed by atoms with E-state index in [1.54, 1.807) is 24.3 Å². The van der Waals surface area contributed by atoms with Gasteiger partial charge in [-0.3, -0.25) is 20.1 Å². The number of ether oxygens (including phenoxy) is 1. The van der Waals surface area contributed by atoms with Crippen LogP contribution in [-0.4, -0.2) is 34.8 Å². The Morgan fingerprint density at radius 1 is 1.11 bits per heavy atom. The zero-order valence-electron chi connectivity index (χ0n) is 19.0. The predicted octanol–water partition coefficient (Wildman–Crippen LogP) is 3.31. The molecule has 36 heavy (non-hydrogen) atoms. The van der Waals surface area contributed by atoms with Crippen molar-refractivity contribution in [2.75, 3.05) is 0 Å². The van der Waals surface area contributed by atoms with Crippen LogP contribution in [0.15, 0.2) is 77.7 Å². The molecule has 0 saturated carbocycles. The van der Waals surface area contributed by atoms with Crippen molar-refractivity contribution in [3.05, 3.63) is 105 Å². The number of phenolic OH excluding ortho intramolecular Hbond substituents is 1. The highest BCUT2D eigenvalue weighted by atomic mass is 32.2. The molecule has 3 aromatic carbocycles. The van der Waals surface area contributed by atoms with E-state index in [0.29, 0.717) is 11.1 Å². The zero-order chi connectivity index (χ0) is 26.9. The van der Waals surface area contributed by atoms with Crippen LogP contribution in [0.1, 0.15) is 22.3 Å². The third-order valence-corrected chi connectivity index (χ3v) is 5.37. The highest BCUT2D eigenvalue weighted by molar-refractivity contribution is 7.85. The van der Waals surface area contributed by atoms with Gasteiger partial charge in [0.15, 0.2) is 0 Å². The molecule has 3 rings (SSSR count). The minimum Gasteiger partial charge on any atom is -0.507 e. The number of rotatable bonds is 7. The molecule has 0 radical (unpaired) electrons. The molecule has 0 aliphatic heterocycles. The summed E-state index contributed by atoms with van der Waals surface area (Å²) in [6.45, 7) is 1.46. The molecule has 0 amide bonds. The Balaban J connectivity index is 0.000000346. The van der Waals surface area contributed by atoms with Gasteiger partial charge in [-0.05, 0) is 67.6 Å². The van der Waals surface area contributed by atoms with Crippen LogP contribution in [0.4, 0.5) is 0 Å². The molecule has 188 valence electrons. The van der Waals surface area contributed by atoms with E-state index in [9.17, 15) is 28.4 Å². The van der Waals surface area contributed by atoms with Crippen molar-refractivity contribution in [2.24, 2.45) is 5.73 Å². The van der Waals surface area contributed by atoms with Gasteiger partial charge >= 0.3 is 5.97 Å². The van der Waals surface area contributed by atoms with Crippen LogP contribution in [-0.2, 0) is 21.5 Å². The molecule has 0 aromatic heterocycles. The fourth-order valence-corrected chi connectivity index (χ4v) is 3.19. The van der Waals surface area contributed by atoms with E-state index in [-0.39, 0.29) is 34.3 Å². The Bertz CT molecular complexity index is 1380. The second-order valence-corrected chi connectivity index (χ2v) is 8.79. The number of nitro groups is 1. The summed E-state index contributed by atoms with van der Waals surface area (Å²) in [5.74, 6) is -0.620. The number of nitrogen functional groups attached to an aromatic ring is 1. The van der Waals surface area contributed by atoms with Crippen LogP contribution in [0, 0.1) is 22.4 Å². The molecular weight excluding hydrogens is 490 g/mol. The van der Waals surface area contributed by atoms with Crippen molar-refractivity contribution >= 4 is 28.0 Å². The minimum atomic E-state index is -4.02. The van der Waals surface area contributed by atoms with Crippen LogP contribution in [0.25, 0.3) is 6.08 Å². The Hall–Kier alpha value is -4.55. The summed E-state index contributed by atoms with van der Waals surface area (Å²) in [5, 5.41) is 27.6. The van der Waals surface area contributed by atoms with Crippen LogP contribution < -0.4 is 10.5 Å². The fourth-order valence-electron chi connectivity index (χ4n) is 2.71. The number of hydrogen-bond acceptors (Lipinski definition) is 8. The van der Waals surface area contributed by atoms with Crippen LogP contribution in [0.5, 0.6) is 11.5 Å². The number of phenols is 1. The lowest BCUT2D eigenvalue weighted by atomic mass is 10.1. The normalized spacial score (nSPS) is 10.8. The molecule has 0 bridgehead atoms. The van der Waals surface area contributed by atoms with E-state index < -0.39 is 21.0 Å². The van der Waals surface area contributed by atoms with Crippen LogP contribution >= 0.6 is 0 Å². The third kappa shape index (κ3) is 9.00. The van der Waals surface area contributed by atoms with Gasteiger partial charge in [0, 0.05) is 27.7 Å². The van der Waals surface area contributed by atoms with Crippen molar-refractivity contribution < 1.29 is 32.5 Å². The number of benzene rings is 3. The maximum absolute atomic E-state index is 11.8. The zero-order valence-corrected chi connectivity index (χ0v) is 19.8. The molecule has 5 N–H and O–H groups in total. The molecule has 3 aromatic rings. The van der Waals surface area contributed by atoms with Gasteiger partial charge in [-0.15, -0.1) is 0 Å². The van der Waals surface area contributed by atoms with Gasteiger partial charge in [0.25, 0.3) is 10.1 Å². The predicted molar refractivity (Wildman–Crippen MR) is 132 cm³/mol. The first-order valence-corrected chi connectivity index (χ1v) is 11.6. The van der Waals surface area contributed by atoms with Gasteiger partial charge in [-0.2, -0.15) is 8.42 Å². The van der Waals surface area contributed by atoms with Gasteiger partial charge in [-0.25, -0.2) is 4.79 Å². The number of carbonyl (C=O) groups is 1. The summed E-state index contributed by atoms with van der Waals surface area (Å²) >= 11 is 0. The van der Waals surface area contributed by atoms with E-state index in [1.165, 1.54) is 48.5 Å². The Morgan fingerprint density at radius 2 is 1.72 bits per heavy atom. The van der Waals surface area contributed by atoms with Crippen molar-refractivity contribution in [3.63, 3.8) is 0 Å². The number of esters is 1. The molecule has 0 fully saturated rings. The quantitative estimate of drug-likeness (QED) is 0.0535. The van der Waals surface area contributed by atoms with Gasteiger partial charge in [-0.1, -0.05) is 17.7 Å². The summed E-state index contributed by atoms with van der Waals surface area (Å²) in [6, 6.07) is 16.2. The average Bonchev–Trinajstić information content (AvgIpc) is 2.79. The summed E-state index contributed by atoms with van der Waals surface area (Å²) in [6.07, 6.45) is 2.41. The number of nitrogens with one attached hydrogen (secondary N) is 1. The number of nitrogens with two attached hydrogens (primary N) is 1. The van der Waals surface area contributed by atoms with E-state index in [1.807, 2.05) is 6.92 Å². The third-order valence-electron chi connectivity index (χ3n) is 4.51. The maximum atomic E-state index is 11.8. The monoisotopic (exact) mass is 513 g/mol. The molecule has 0 unspecified atom stereocenters. The number of amidine groups is 1. The van der Waals surface area contributed by atoms with Gasteiger partial charge in [0.05, 0.1) is 4.90 Å². The minimum absolute atomic E-state index is 0.0666. The first-order valence-electron chi connectivity index (χ1n) is 10.2. The van der Waals surface area contributed by atoms with E-state index >= 15 is 0 Å². The standard InChI is InChI=1S/C17H15N3O5.C7H8O3S/c18-17(19)12-2-5-14(6-3-12)25-16(22)8-4-13-9-11(10-20(23)24)1-7-15(13)21;1-6-2-4-7(5-3-6)11(8,9)10/h1-9,21H,10H2,(H3,18,19);2-5H,1H3,(H,8,9,10)/b8-4+;. The van der Waals surface area contributed by atoms with Gasteiger partial charge in [0.2, 0.25) is 6.54 Å². The van der Waals surface area contributed by atoms with Crippen molar-refractivity contribution in [1.82, 2.24) is 0 Å². The second-order valence-electron chi connectivity index (χ2n) is 7.36. The lowest BCUT2D eigenvalue weighted by Gasteiger charge is -2.04. The Labute approximate surface area is 206 Å². The number of aryl methyl sites for hydroxylation is 1. The summed E-state index contributed by atoms with van der Waals surface area (Å²) < 4.78 is 34.6. The molecule has 0 saturated heterocycles. The number of hydrogen-bond donors (Lipinski definition) is 4. The molecule has 0 heterocycles. The maximum Gasteiger partial charge on any atom is 0.336 e. The fraction of sp³-hybridized carbons (Fsp3) is 0.0833. The van der Waals surface area contributed by atoms with Gasteiger partial charge in [0.1, 0.15) is 17.3 Å². The molecule has 0 atom stereocenters. The Kier molecular flexibility index (Phi) is 9.42. The van der Waals surface area contributed by atoms with E-state index in [4.69, 9.17) is 20.4 Å². The van der Waals surface area contributed by atoms with Crippen LogP contribution in [0.3, 0.4) is 0 Å². The second kappa shape index (κ2) is 12.2. The lowest BCUT2D eigenvalue weighted by molar-refractivity contribution is -0.496. The van der Waals surface area contributed by atoms with E-state index in [0.717, 1.165) is 11.6 Å². The summed E-state index contributed by atoms with van der Waals surface area (Å²) in [7, 11) is -4.02. The van der Waals surface area contributed by atoms with Crippen molar-refractivity contribution in [1.29, 1.82) is 5.41 Å². The largest absolute Gasteiger partial charge is 0.507 e. The van der Waals surface area contributed by atoms with Crippen molar-refractivity contribution in [3.8, 4) is 11.5 Å². The number of aromatic hydroxyl groups is 1. The number of nitrogens with zero attached hydrogens (tertiary/aromatic N) is 1. The lowest BCUT2D eigenvalue weighted by Crippen LogP contribution is -2.11. The smallest absolute Gasteiger partial charge is 0.336 e. The molecular formula is C24H23N3O8S. The highest BCUT2D eigenvalue weighted by Crippen LogP contribution is 2.21. The molecule has 0 aliphatic rings. The molecule has 12 heteroatoms. The summed E-state index contributed by atoms with van der Waals surface area (Å²) in [4.78, 5) is 21.8. The van der Waals surface area contributed by atoms with E-state index in [2.05, 4.69) is 0 Å². The highest BCUT2D eigenvalue weighted by Gasteiger charge is 2.08. The topological polar surface area (TPSA) is 194 Å².